The molecule has 0 fully saturated rings. The number of imide groups is 1. The predicted octanol–water partition coefficient (Wildman–Crippen LogP) is 3.88. The van der Waals surface area contributed by atoms with Crippen LogP contribution in [0.3, 0.4) is 0 Å². The number of nitrogens with zero attached hydrogens (tertiary/aromatic N) is 3. The van der Waals surface area contributed by atoms with Gasteiger partial charge in [-0.3, -0.25) is 14.7 Å². The number of hydrogen-bond acceptors (Lipinski definition) is 5. The van der Waals surface area contributed by atoms with Gasteiger partial charge in [-0.05, 0) is 50.1 Å². The normalized spacial score (nSPS) is 11.9. The number of urea groups is 1. The molecule has 7 nitrogen and oxygen atoms in total. The highest BCUT2D eigenvalue weighted by molar-refractivity contribution is 8.00. The highest BCUT2D eigenvalue weighted by atomic mass is 35.5. The Bertz CT molecular complexity index is 1080. The number of aromatic nitrogens is 3. The molecule has 3 aromatic rings. The van der Waals surface area contributed by atoms with Crippen molar-refractivity contribution in [2.45, 2.75) is 31.2 Å². The van der Waals surface area contributed by atoms with Gasteiger partial charge in [0.05, 0.1) is 10.9 Å². The number of amides is 3. The molecular weight excluding hydrogens is 410 g/mol. The maximum atomic E-state index is 12.1. The van der Waals surface area contributed by atoms with Crippen LogP contribution in [0.25, 0.3) is 17.1 Å². The average Bonchev–Trinajstić information content (AvgIpc) is 3.06. The summed E-state index contributed by atoms with van der Waals surface area (Å²) in [5.74, 6) is 0.105. The first-order valence-electron chi connectivity index (χ1n) is 8.82. The Morgan fingerprint density at radius 2 is 1.93 bits per heavy atom. The Morgan fingerprint density at radius 1 is 1.17 bits per heavy atom. The first-order chi connectivity index (χ1) is 13.8. The molecular formula is C20H20ClN5O2S. The van der Waals surface area contributed by atoms with Gasteiger partial charge in [-0.15, -0.1) is 10.2 Å². The molecule has 0 saturated carbocycles. The lowest BCUT2D eigenvalue weighted by atomic mass is 10.1. The van der Waals surface area contributed by atoms with Crippen molar-refractivity contribution in [3.63, 3.8) is 0 Å². The third kappa shape index (κ3) is 4.78. The number of nitrogens with two attached hydrogens (primary N) is 1. The minimum atomic E-state index is -0.891. The summed E-state index contributed by atoms with van der Waals surface area (Å²) in [5, 5.41) is 11.2. The van der Waals surface area contributed by atoms with E-state index in [1.54, 1.807) is 13.0 Å². The molecule has 0 saturated heterocycles. The summed E-state index contributed by atoms with van der Waals surface area (Å²) in [5.41, 5.74) is 8.85. The van der Waals surface area contributed by atoms with Crippen LogP contribution in [0.4, 0.5) is 4.79 Å². The molecule has 0 unspecified atom stereocenters. The zero-order valence-corrected chi connectivity index (χ0v) is 17.7. The summed E-state index contributed by atoms with van der Waals surface area (Å²) < 4.78 is 1.90. The average molecular weight is 430 g/mol. The minimum Gasteiger partial charge on any atom is -0.351 e. The van der Waals surface area contributed by atoms with Crippen molar-refractivity contribution in [2.75, 3.05) is 0 Å². The lowest BCUT2D eigenvalue weighted by Crippen LogP contribution is -2.39. The SMILES string of the molecule is Cc1ccc(C)c(-n2c(S[C@@H](C)C(=O)NC(N)=O)nnc2-c2cccc(Cl)c2)c1. The van der Waals surface area contributed by atoms with Crippen molar-refractivity contribution < 1.29 is 9.59 Å². The molecule has 3 amide bonds. The second kappa shape index (κ2) is 8.67. The summed E-state index contributed by atoms with van der Waals surface area (Å²) in [6.07, 6.45) is 0. The number of carbonyl (C=O) groups is 2. The van der Waals surface area contributed by atoms with Gasteiger partial charge in [-0.1, -0.05) is 47.6 Å². The van der Waals surface area contributed by atoms with E-state index >= 15 is 0 Å². The Labute approximate surface area is 177 Å². The molecule has 1 atom stereocenters. The van der Waals surface area contributed by atoms with Crippen LogP contribution in [0.1, 0.15) is 18.1 Å². The number of halogens is 1. The van der Waals surface area contributed by atoms with Gasteiger partial charge in [0.15, 0.2) is 11.0 Å². The molecule has 9 heteroatoms. The largest absolute Gasteiger partial charge is 0.351 e. The smallest absolute Gasteiger partial charge is 0.318 e. The van der Waals surface area contributed by atoms with Crippen molar-refractivity contribution in [1.82, 2.24) is 20.1 Å². The Morgan fingerprint density at radius 3 is 2.62 bits per heavy atom. The van der Waals surface area contributed by atoms with Crippen molar-refractivity contribution in [2.24, 2.45) is 5.73 Å². The van der Waals surface area contributed by atoms with Crippen molar-refractivity contribution in [1.29, 1.82) is 0 Å². The highest BCUT2D eigenvalue weighted by Crippen LogP contribution is 2.32. The van der Waals surface area contributed by atoms with Crippen LogP contribution >= 0.6 is 23.4 Å². The fraction of sp³-hybridized carbons (Fsp3) is 0.200. The predicted molar refractivity (Wildman–Crippen MR) is 114 cm³/mol. The van der Waals surface area contributed by atoms with E-state index in [0.717, 1.165) is 22.4 Å². The van der Waals surface area contributed by atoms with E-state index in [0.29, 0.717) is 16.0 Å². The van der Waals surface area contributed by atoms with Crippen molar-refractivity contribution in [3.8, 4) is 17.1 Å². The molecule has 1 aromatic heterocycles. The Balaban J connectivity index is 2.11. The van der Waals surface area contributed by atoms with E-state index in [9.17, 15) is 9.59 Å². The third-order valence-corrected chi connectivity index (χ3v) is 5.50. The summed E-state index contributed by atoms with van der Waals surface area (Å²) in [6, 6.07) is 12.5. The van der Waals surface area contributed by atoms with E-state index in [4.69, 9.17) is 17.3 Å². The second-order valence-corrected chi connectivity index (χ2v) is 8.30. The molecule has 0 aliphatic rings. The van der Waals surface area contributed by atoms with Gasteiger partial charge in [-0.25, -0.2) is 4.79 Å². The lowest BCUT2D eigenvalue weighted by molar-refractivity contribution is -0.119. The lowest BCUT2D eigenvalue weighted by Gasteiger charge is -2.15. The van der Waals surface area contributed by atoms with Gasteiger partial charge >= 0.3 is 6.03 Å². The molecule has 150 valence electrons. The quantitative estimate of drug-likeness (QED) is 0.599. The minimum absolute atomic E-state index is 0.498. The number of primary amides is 1. The standard InChI is InChI=1S/C20H20ClN5O2S/c1-11-7-8-12(2)16(9-11)26-17(14-5-4-6-15(21)10-14)24-25-20(26)29-13(3)18(27)23-19(22)28/h4-10,13H,1-3H3,(H3,22,23,27,28)/t13-/m0/s1. The van der Waals surface area contributed by atoms with E-state index in [1.807, 2.05) is 54.8 Å². The summed E-state index contributed by atoms with van der Waals surface area (Å²) in [4.78, 5) is 23.1. The zero-order valence-electron chi connectivity index (χ0n) is 16.1. The number of benzene rings is 2. The summed E-state index contributed by atoms with van der Waals surface area (Å²) in [7, 11) is 0. The molecule has 0 spiro atoms. The van der Waals surface area contributed by atoms with Gasteiger partial charge in [0.2, 0.25) is 5.91 Å². The van der Waals surface area contributed by atoms with E-state index in [1.165, 1.54) is 11.8 Å². The summed E-state index contributed by atoms with van der Waals surface area (Å²) >= 11 is 7.36. The fourth-order valence-electron chi connectivity index (χ4n) is 2.77. The molecule has 0 aliphatic heterocycles. The van der Waals surface area contributed by atoms with Crippen LogP contribution in [-0.4, -0.2) is 32.0 Å². The number of nitrogens with one attached hydrogen (secondary N) is 1. The molecule has 1 heterocycles. The van der Waals surface area contributed by atoms with Crippen LogP contribution in [0.2, 0.25) is 5.02 Å². The molecule has 0 aliphatic carbocycles. The van der Waals surface area contributed by atoms with Crippen LogP contribution in [-0.2, 0) is 4.79 Å². The van der Waals surface area contributed by atoms with Crippen LogP contribution in [0, 0.1) is 13.8 Å². The molecule has 0 bridgehead atoms. The number of hydrogen-bond donors (Lipinski definition) is 2. The van der Waals surface area contributed by atoms with Crippen LogP contribution in [0.5, 0.6) is 0 Å². The number of thioether (sulfide) groups is 1. The molecule has 2 aromatic carbocycles. The van der Waals surface area contributed by atoms with Gasteiger partial charge in [-0.2, -0.15) is 0 Å². The molecule has 3 rings (SSSR count). The van der Waals surface area contributed by atoms with Gasteiger partial charge in [0.25, 0.3) is 0 Å². The topological polar surface area (TPSA) is 103 Å². The van der Waals surface area contributed by atoms with Crippen LogP contribution < -0.4 is 11.1 Å². The second-order valence-electron chi connectivity index (χ2n) is 6.56. The maximum absolute atomic E-state index is 12.1. The fourth-order valence-corrected chi connectivity index (χ4v) is 3.82. The zero-order chi connectivity index (χ0) is 21.1. The maximum Gasteiger partial charge on any atom is 0.318 e. The van der Waals surface area contributed by atoms with E-state index in [2.05, 4.69) is 15.5 Å². The molecule has 0 radical (unpaired) electrons. The molecule has 29 heavy (non-hydrogen) atoms. The first kappa shape index (κ1) is 20.9. The number of rotatable bonds is 5. The number of aryl methyl sites for hydroxylation is 2. The Kier molecular flexibility index (Phi) is 6.24. The van der Waals surface area contributed by atoms with Gasteiger partial charge in [0, 0.05) is 10.6 Å². The highest BCUT2D eigenvalue weighted by Gasteiger charge is 2.23. The van der Waals surface area contributed by atoms with Gasteiger partial charge < -0.3 is 5.73 Å². The first-order valence-corrected chi connectivity index (χ1v) is 10.1. The van der Waals surface area contributed by atoms with Gasteiger partial charge in [0.1, 0.15) is 0 Å². The summed E-state index contributed by atoms with van der Waals surface area (Å²) in [6.45, 7) is 5.67. The van der Waals surface area contributed by atoms with E-state index in [-0.39, 0.29) is 0 Å². The van der Waals surface area contributed by atoms with Crippen molar-refractivity contribution >= 4 is 35.3 Å². The molecule has 3 N–H and O–H groups in total. The van der Waals surface area contributed by atoms with Crippen molar-refractivity contribution in [3.05, 3.63) is 58.6 Å². The number of carbonyl (C=O) groups excluding carboxylic acids is 2. The Hall–Kier alpha value is -2.84. The third-order valence-electron chi connectivity index (χ3n) is 4.22. The van der Waals surface area contributed by atoms with E-state index < -0.39 is 17.2 Å². The van der Waals surface area contributed by atoms with Crippen LogP contribution in [0.15, 0.2) is 47.6 Å². The monoisotopic (exact) mass is 429 g/mol.